The summed E-state index contributed by atoms with van der Waals surface area (Å²) in [4.78, 5) is 0. The summed E-state index contributed by atoms with van der Waals surface area (Å²) in [6.07, 6.45) is 0. The van der Waals surface area contributed by atoms with E-state index < -0.39 is 0 Å². The van der Waals surface area contributed by atoms with E-state index in [4.69, 9.17) is 4.42 Å². The number of aromatic nitrogens is 5. The largest absolute Gasteiger partial charge is 0.419 e. The van der Waals surface area contributed by atoms with Crippen LogP contribution in [0.25, 0.3) is 11.5 Å². The quantitative estimate of drug-likeness (QED) is 0.688. The molecule has 0 aliphatic carbocycles. The molecule has 2 heterocycles. The summed E-state index contributed by atoms with van der Waals surface area (Å²) in [5.41, 5.74) is 2.13. The summed E-state index contributed by atoms with van der Waals surface area (Å²) in [7, 11) is 1.94. The van der Waals surface area contributed by atoms with Crippen molar-refractivity contribution in [3.8, 4) is 11.5 Å². The van der Waals surface area contributed by atoms with E-state index in [0.717, 1.165) is 16.5 Å². The van der Waals surface area contributed by atoms with Crippen LogP contribution in [0.5, 0.6) is 0 Å². The van der Waals surface area contributed by atoms with Crippen LogP contribution in [0.15, 0.2) is 33.8 Å². The zero-order chi connectivity index (χ0) is 15.7. The molecule has 3 aromatic rings. The van der Waals surface area contributed by atoms with Gasteiger partial charge >= 0.3 is 0 Å². The number of hydrogen-bond acceptors (Lipinski definition) is 6. The Labute approximate surface area is 133 Å². The first kappa shape index (κ1) is 14.8. The minimum Gasteiger partial charge on any atom is -0.419 e. The maximum Gasteiger partial charge on any atom is 0.247 e. The Balaban J connectivity index is 1.78. The van der Waals surface area contributed by atoms with Crippen molar-refractivity contribution in [3.63, 3.8) is 0 Å². The predicted molar refractivity (Wildman–Crippen MR) is 84.5 cm³/mol. The van der Waals surface area contributed by atoms with Gasteiger partial charge in [-0.3, -0.25) is 0 Å². The van der Waals surface area contributed by atoms with E-state index in [-0.39, 0.29) is 5.25 Å². The highest BCUT2D eigenvalue weighted by atomic mass is 32.2. The molecule has 0 N–H and O–H groups in total. The molecule has 0 amide bonds. The van der Waals surface area contributed by atoms with Crippen LogP contribution in [0.3, 0.4) is 0 Å². The molecule has 1 aromatic carbocycles. The smallest absolute Gasteiger partial charge is 0.247 e. The molecule has 0 saturated carbocycles. The van der Waals surface area contributed by atoms with E-state index in [9.17, 15) is 0 Å². The molecular formula is C15H17N5OS. The molecule has 0 fully saturated rings. The van der Waals surface area contributed by atoms with Crippen molar-refractivity contribution in [2.45, 2.75) is 31.2 Å². The molecule has 22 heavy (non-hydrogen) atoms. The Morgan fingerprint density at radius 2 is 1.77 bits per heavy atom. The van der Waals surface area contributed by atoms with Gasteiger partial charge in [-0.1, -0.05) is 29.5 Å². The highest BCUT2D eigenvalue weighted by Gasteiger charge is 2.19. The summed E-state index contributed by atoms with van der Waals surface area (Å²) in [5, 5.41) is 17.3. The number of rotatable bonds is 4. The van der Waals surface area contributed by atoms with Gasteiger partial charge in [0, 0.05) is 12.6 Å². The number of nitrogens with zero attached hydrogens (tertiary/aromatic N) is 5. The van der Waals surface area contributed by atoms with Crippen LogP contribution in [0.4, 0.5) is 0 Å². The third kappa shape index (κ3) is 2.89. The Morgan fingerprint density at radius 3 is 2.41 bits per heavy atom. The zero-order valence-corrected chi connectivity index (χ0v) is 13.8. The van der Waals surface area contributed by atoms with Crippen molar-refractivity contribution >= 4 is 11.8 Å². The molecule has 0 aliphatic rings. The van der Waals surface area contributed by atoms with Crippen molar-refractivity contribution in [1.29, 1.82) is 0 Å². The number of thioether (sulfide) groups is 1. The lowest BCUT2D eigenvalue weighted by atomic mass is 10.1. The molecule has 3 rings (SSSR count). The Bertz CT molecular complexity index is 778. The minimum atomic E-state index is 0.00833. The first-order valence-corrected chi connectivity index (χ1v) is 7.85. The molecule has 0 aliphatic heterocycles. The van der Waals surface area contributed by atoms with Gasteiger partial charge in [0.2, 0.25) is 11.8 Å². The van der Waals surface area contributed by atoms with Crippen LogP contribution in [-0.4, -0.2) is 25.0 Å². The summed E-state index contributed by atoms with van der Waals surface area (Å²) >= 11 is 1.55. The van der Waals surface area contributed by atoms with E-state index >= 15 is 0 Å². The first-order chi connectivity index (χ1) is 10.5. The lowest BCUT2D eigenvalue weighted by Gasteiger charge is -2.05. The summed E-state index contributed by atoms with van der Waals surface area (Å²) in [6.45, 7) is 5.98. The topological polar surface area (TPSA) is 69.6 Å². The van der Waals surface area contributed by atoms with Crippen molar-refractivity contribution in [3.05, 3.63) is 41.5 Å². The summed E-state index contributed by atoms with van der Waals surface area (Å²) in [5.74, 6) is 2.00. The monoisotopic (exact) mass is 315 g/mol. The van der Waals surface area contributed by atoms with Crippen LogP contribution in [0.1, 0.15) is 29.5 Å². The molecule has 0 saturated heterocycles. The molecule has 1 atom stereocenters. The fourth-order valence-corrected chi connectivity index (χ4v) is 2.80. The molecule has 0 radical (unpaired) electrons. The van der Waals surface area contributed by atoms with Crippen LogP contribution in [0.2, 0.25) is 0 Å². The van der Waals surface area contributed by atoms with Gasteiger partial charge in [0.1, 0.15) is 5.82 Å². The van der Waals surface area contributed by atoms with E-state index in [2.05, 4.69) is 20.4 Å². The number of aryl methyl sites for hydroxylation is 2. The molecule has 6 nitrogen and oxygen atoms in total. The van der Waals surface area contributed by atoms with E-state index in [0.29, 0.717) is 11.8 Å². The SMILES string of the molecule is Cc1ccc(-c2nnc([C@@H](C)Sc3nnc(C)n3C)o2)cc1. The van der Waals surface area contributed by atoms with Crippen molar-refractivity contribution in [1.82, 2.24) is 25.0 Å². The third-order valence-corrected chi connectivity index (χ3v) is 4.54. The molecule has 114 valence electrons. The van der Waals surface area contributed by atoms with Gasteiger partial charge in [-0.15, -0.1) is 20.4 Å². The molecule has 7 heteroatoms. The van der Waals surface area contributed by atoms with E-state index in [1.54, 1.807) is 11.8 Å². The lowest BCUT2D eigenvalue weighted by Crippen LogP contribution is -1.96. The second-order valence-corrected chi connectivity index (χ2v) is 6.47. The third-order valence-electron chi connectivity index (χ3n) is 3.42. The average Bonchev–Trinajstić information content (AvgIpc) is 3.11. The number of hydrogen-bond donors (Lipinski definition) is 0. The normalized spacial score (nSPS) is 12.5. The van der Waals surface area contributed by atoms with Gasteiger partial charge in [-0.25, -0.2) is 0 Å². The van der Waals surface area contributed by atoms with E-state index in [1.165, 1.54) is 5.56 Å². The maximum atomic E-state index is 5.79. The van der Waals surface area contributed by atoms with Crippen molar-refractivity contribution in [2.24, 2.45) is 7.05 Å². The van der Waals surface area contributed by atoms with Gasteiger partial charge in [0.05, 0.1) is 5.25 Å². The van der Waals surface area contributed by atoms with Gasteiger partial charge in [-0.05, 0) is 32.9 Å². The van der Waals surface area contributed by atoms with Gasteiger partial charge in [0.15, 0.2) is 5.16 Å². The van der Waals surface area contributed by atoms with Crippen molar-refractivity contribution < 1.29 is 4.42 Å². The van der Waals surface area contributed by atoms with Crippen LogP contribution in [0, 0.1) is 13.8 Å². The van der Waals surface area contributed by atoms with Gasteiger partial charge < -0.3 is 8.98 Å². The lowest BCUT2D eigenvalue weighted by molar-refractivity contribution is 0.508. The fraction of sp³-hybridized carbons (Fsp3) is 0.333. The Hall–Kier alpha value is -2.15. The fourth-order valence-electron chi connectivity index (χ4n) is 1.91. The molecule has 0 bridgehead atoms. The summed E-state index contributed by atoms with van der Waals surface area (Å²) < 4.78 is 7.73. The van der Waals surface area contributed by atoms with Crippen LogP contribution >= 0.6 is 11.8 Å². The molecule has 2 aromatic heterocycles. The predicted octanol–water partition coefficient (Wildman–Crippen LogP) is 3.34. The Morgan fingerprint density at radius 1 is 1.05 bits per heavy atom. The summed E-state index contributed by atoms with van der Waals surface area (Å²) in [6, 6.07) is 8.02. The standard InChI is InChI=1S/C15H17N5OS/c1-9-5-7-12(8-6-9)14-18-17-13(21-14)10(2)22-15-19-16-11(3)20(15)4/h5-8,10H,1-4H3/t10-/m1/s1. The second-order valence-electron chi connectivity index (χ2n) is 5.16. The minimum absolute atomic E-state index is 0.00833. The molecular weight excluding hydrogens is 298 g/mol. The molecule has 0 spiro atoms. The van der Waals surface area contributed by atoms with Crippen LogP contribution in [-0.2, 0) is 7.05 Å². The maximum absolute atomic E-state index is 5.79. The second kappa shape index (κ2) is 5.92. The highest BCUT2D eigenvalue weighted by molar-refractivity contribution is 7.99. The highest BCUT2D eigenvalue weighted by Crippen LogP contribution is 2.34. The molecule has 0 unspecified atom stereocenters. The van der Waals surface area contributed by atoms with Gasteiger partial charge in [0.25, 0.3) is 0 Å². The first-order valence-electron chi connectivity index (χ1n) is 6.97. The van der Waals surface area contributed by atoms with Crippen molar-refractivity contribution in [2.75, 3.05) is 0 Å². The average molecular weight is 315 g/mol. The Kier molecular flexibility index (Phi) is 3.98. The van der Waals surface area contributed by atoms with Crippen LogP contribution < -0.4 is 0 Å². The van der Waals surface area contributed by atoms with Gasteiger partial charge in [-0.2, -0.15) is 0 Å². The van der Waals surface area contributed by atoms with E-state index in [1.807, 2.05) is 56.7 Å². The zero-order valence-electron chi connectivity index (χ0n) is 12.9. The number of benzene rings is 1.